The van der Waals surface area contributed by atoms with Crippen molar-refractivity contribution in [1.29, 1.82) is 0 Å². The van der Waals surface area contributed by atoms with Gasteiger partial charge in [0.05, 0.1) is 12.7 Å². The van der Waals surface area contributed by atoms with Gasteiger partial charge in [-0.3, -0.25) is 0 Å². The van der Waals surface area contributed by atoms with Crippen LogP contribution in [0, 0.1) is 0 Å². The predicted octanol–water partition coefficient (Wildman–Crippen LogP) is 0.315. The molecule has 0 aromatic heterocycles. The van der Waals surface area contributed by atoms with E-state index in [4.69, 9.17) is 4.74 Å². The van der Waals surface area contributed by atoms with Crippen LogP contribution < -0.4 is 5.32 Å². The summed E-state index contributed by atoms with van der Waals surface area (Å²) in [6, 6.07) is 0. The lowest BCUT2D eigenvalue weighted by Crippen LogP contribution is -2.39. The molecule has 0 fully saturated rings. The second-order valence-electron chi connectivity index (χ2n) is 3.74. The molecular formula is C11H26N2O2. The van der Waals surface area contributed by atoms with Gasteiger partial charge in [-0.15, -0.1) is 0 Å². The second kappa shape index (κ2) is 10.4. The van der Waals surface area contributed by atoms with E-state index in [0.717, 1.165) is 32.6 Å². The van der Waals surface area contributed by atoms with Crippen molar-refractivity contribution in [3.8, 4) is 0 Å². The normalized spacial score (nSPS) is 13.4. The van der Waals surface area contributed by atoms with Crippen LogP contribution in [0.4, 0.5) is 0 Å². The SMILES string of the molecule is CCCN(CC)CC(O)CNCCOC. The van der Waals surface area contributed by atoms with Crippen molar-refractivity contribution >= 4 is 0 Å². The summed E-state index contributed by atoms with van der Waals surface area (Å²) < 4.78 is 4.91. The Bertz CT molecular complexity index is 134. The predicted molar refractivity (Wildman–Crippen MR) is 63.2 cm³/mol. The molecule has 4 nitrogen and oxygen atoms in total. The van der Waals surface area contributed by atoms with Crippen LogP contribution in [0.3, 0.4) is 0 Å². The number of likely N-dealkylation sites (N-methyl/N-ethyl adjacent to an activating group) is 1. The lowest BCUT2D eigenvalue weighted by atomic mass is 10.3. The summed E-state index contributed by atoms with van der Waals surface area (Å²) in [5, 5.41) is 12.9. The molecule has 4 heteroatoms. The first-order valence-electron chi connectivity index (χ1n) is 5.84. The molecule has 15 heavy (non-hydrogen) atoms. The van der Waals surface area contributed by atoms with Crippen molar-refractivity contribution in [2.45, 2.75) is 26.4 Å². The Labute approximate surface area is 93.6 Å². The van der Waals surface area contributed by atoms with Crippen LogP contribution >= 0.6 is 0 Å². The molecule has 2 N–H and O–H groups in total. The largest absolute Gasteiger partial charge is 0.390 e. The van der Waals surface area contributed by atoms with Gasteiger partial charge < -0.3 is 20.1 Å². The van der Waals surface area contributed by atoms with Crippen LogP contribution in [0.15, 0.2) is 0 Å². The Hall–Kier alpha value is -0.160. The monoisotopic (exact) mass is 218 g/mol. The van der Waals surface area contributed by atoms with Gasteiger partial charge in [-0.1, -0.05) is 13.8 Å². The smallest absolute Gasteiger partial charge is 0.0791 e. The minimum atomic E-state index is -0.284. The van der Waals surface area contributed by atoms with E-state index in [1.165, 1.54) is 0 Å². The van der Waals surface area contributed by atoms with E-state index in [9.17, 15) is 5.11 Å². The molecule has 0 aromatic rings. The molecule has 0 aliphatic carbocycles. The number of aliphatic hydroxyl groups excluding tert-OH is 1. The zero-order valence-corrected chi connectivity index (χ0v) is 10.3. The molecule has 1 unspecified atom stereocenters. The maximum atomic E-state index is 9.73. The highest BCUT2D eigenvalue weighted by Gasteiger charge is 2.08. The average molecular weight is 218 g/mol. The zero-order valence-electron chi connectivity index (χ0n) is 10.3. The molecule has 0 bridgehead atoms. The van der Waals surface area contributed by atoms with E-state index in [1.54, 1.807) is 7.11 Å². The van der Waals surface area contributed by atoms with Gasteiger partial charge in [0.1, 0.15) is 0 Å². The number of methoxy groups -OCH3 is 1. The first-order valence-corrected chi connectivity index (χ1v) is 5.84. The molecule has 1 atom stereocenters. The van der Waals surface area contributed by atoms with Crippen molar-refractivity contribution in [3.05, 3.63) is 0 Å². The number of rotatable bonds is 10. The second-order valence-corrected chi connectivity index (χ2v) is 3.74. The fourth-order valence-corrected chi connectivity index (χ4v) is 1.50. The van der Waals surface area contributed by atoms with Gasteiger partial charge in [0.25, 0.3) is 0 Å². The van der Waals surface area contributed by atoms with Crippen molar-refractivity contribution in [3.63, 3.8) is 0 Å². The third-order valence-electron chi connectivity index (χ3n) is 2.32. The Morgan fingerprint density at radius 1 is 1.40 bits per heavy atom. The Morgan fingerprint density at radius 3 is 2.67 bits per heavy atom. The van der Waals surface area contributed by atoms with Crippen LogP contribution in [0.5, 0.6) is 0 Å². The van der Waals surface area contributed by atoms with Crippen molar-refractivity contribution in [1.82, 2.24) is 10.2 Å². The van der Waals surface area contributed by atoms with E-state index in [-0.39, 0.29) is 6.10 Å². The molecule has 0 radical (unpaired) electrons. The van der Waals surface area contributed by atoms with Crippen molar-refractivity contribution in [2.75, 3.05) is 46.4 Å². The van der Waals surface area contributed by atoms with Gasteiger partial charge in [-0.2, -0.15) is 0 Å². The number of nitrogens with zero attached hydrogens (tertiary/aromatic N) is 1. The third kappa shape index (κ3) is 8.81. The zero-order chi connectivity index (χ0) is 11.5. The summed E-state index contributed by atoms with van der Waals surface area (Å²) in [5.74, 6) is 0. The maximum absolute atomic E-state index is 9.73. The Kier molecular flexibility index (Phi) is 10.3. The number of ether oxygens (including phenoxy) is 1. The summed E-state index contributed by atoms with van der Waals surface area (Å²) >= 11 is 0. The molecule has 0 saturated carbocycles. The standard InChI is InChI=1S/C11H26N2O2/c1-4-7-13(5-2)10-11(14)9-12-6-8-15-3/h11-12,14H,4-10H2,1-3H3. The highest BCUT2D eigenvalue weighted by atomic mass is 16.5. The molecule has 0 aliphatic rings. The molecule has 0 aliphatic heterocycles. The van der Waals surface area contributed by atoms with Crippen molar-refractivity contribution in [2.24, 2.45) is 0 Å². The molecule has 0 saturated heterocycles. The molecule has 0 heterocycles. The molecule has 0 aromatic carbocycles. The molecule has 0 spiro atoms. The number of hydrogen-bond acceptors (Lipinski definition) is 4. The van der Waals surface area contributed by atoms with Crippen LogP contribution in [0.2, 0.25) is 0 Å². The number of nitrogens with one attached hydrogen (secondary N) is 1. The first kappa shape index (κ1) is 14.8. The first-order chi connectivity index (χ1) is 7.24. The lowest BCUT2D eigenvalue weighted by Gasteiger charge is -2.23. The minimum Gasteiger partial charge on any atom is -0.390 e. The van der Waals surface area contributed by atoms with E-state index in [0.29, 0.717) is 13.2 Å². The van der Waals surface area contributed by atoms with Gasteiger partial charge >= 0.3 is 0 Å². The molecule has 0 amide bonds. The highest BCUT2D eigenvalue weighted by Crippen LogP contribution is 1.93. The van der Waals surface area contributed by atoms with E-state index >= 15 is 0 Å². The maximum Gasteiger partial charge on any atom is 0.0791 e. The molecule has 0 rings (SSSR count). The highest BCUT2D eigenvalue weighted by molar-refractivity contribution is 4.65. The van der Waals surface area contributed by atoms with Gasteiger partial charge in [0, 0.05) is 26.7 Å². The fraction of sp³-hybridized carbons (Fsp3) is 1.00. The van der Waals surface area contributed by atoms with Gasteiger partial charge in [0.15, 0.2) is 0 Å². The number of hydrogen-bond donors (Lipinski definition) is 2. The van der Waals surface area contributed by atoms with Gasteiger partial charge in [0.2, 0.25) is 0 Å². The van der Waals surface area contributed by atoms with E-state index in [1.807, 2.05) is 0 Å². The summed E-state index contributed by atoms with van der Waals surface area (Å²) in [4.78, 5) is 2.27. The van der Waals surface area contributed by atoms with Crippen LogP contribution in [0.1, 0.15) is 20.3 Å². The lowest BCUT2D eigenvalue weighted by molar-refractivity contribution is 0.111. The Morgan fingerprint density at radius 2 is 2.13 bits per heavy atom. The van der Waals surface area contributed by atoms with Crippen LogP contribution in [0.25, 0.3) is 0 Å². The van der Waals surface area contributed by atoms with Gasteiger partial charge in [-0.05, 0) is 19.5 Å². The average Bonchev–Trinajstić information content (AvgIpc) is 2.24. The molecular weight excluding hydrogens is 192 g/mol. The minimum absolute atomic E-state index is 0.284. The summed E-state index contributed by atoms with van der Waals surface area (Å²) in [5.41, 5.74) is 0. The summed E-state index contributed by atoms with van der Waals surface area (Å²) in [6.45, 7) is 9.24. The summed E-state index contributed by atoms with van der Waals surface area (Å²) in [6.07, 6.45) is 0.853. The number of aliphatic hydroxyl groups is 1. The third-order valence-corrected chi connectivity index (χ3v) is 2.32. The topological polar surface area (TPSA) is 44.7 Å². The van der Waals surface area contributed by atoms with Crippen molar-refractivity contribution < 1.29 is 9.84 Å². The van der Waals surface area contributed by atoms with Crippen LogP contribution in [-0.2, 0) is 4.74 Å². The fourth-order valence-electron chi connectivity index (χ4n) is 1.50. The van der Waals surface area contributed by atoms with Gasteiger partial charge in [-0.25, -0.2) is 0 Å². The quantitative estimate of drug-likeness (QED) is 0.518. The Balaban J connectivity index is 3.47. The van der Waals surface area contributed by atoms with E-state index < -0.39 is 0 Å². The van der Waals surface area contributed by atoms with Crippen LogP contribution in [-0.4, -0.2) is 62.6 Å². The molecule has 92 valence electrons. The van der Waals surface area contributed by atoms with E-state index in [2.05, 4.69) is 24.1 Å². The summed E-state index contributed by atoms with van der Waals surface area (Å²) in [7, 11) is 1.68.